The standard InChI is InChI=1S/C26H22ClF4N5O/c1-5-13-6-7-16(28)15(8-13)21(24(30)31)36-23-19(27)12(2)34-18-9-17(29)20(35-22(18)23)14-10-32-25(33-11-14)26(3,4)37/h5-11,21,24,37H,1H2,2-4H3,(H,34,36). The zero-order valence-corrected chi connectivity index (χ0v) is 20.8. The van der Waals surface area contributed by atoms with E-state index in [9.17, 15) is 18.3 Å². The highest BCUT2D eigenvalue weighted by atomic mass is 35.5. The van der Waals surface area contributed by atoms with E-state index in [1.807, 2.05) is 0 Å². The van der Waals surface area contributed by atoms with Crippen LogP contribution in [0.2, 0.25) is 5.02 Å². The number of aromatic nitrogens is 4. The van der Waals surface area contributed by atoms with Crippen molar-refractivity contribution in [2.45, 2.75) is 38.8 Å². The van der Waals surface area contributed by atoms with Crippen LogP contribution in [0.25, 0.3) is 28.4 Å². The van der Waals surface area contributed by atoms with E-state index in [1.54, 1.807) is 0 Å². The molecule has 1 atom stereocenters. The predicted molar refractivity (Wildman–Crippen MR) is 134 cm³/mol. The van der Waals surface area contributed by atoms with Gasteiger partial charge in [0.15, 0.2) is 11.6 Å². The van der Waals surface area contributed by atoms with Crippen molar-refractivity contribution in [1.82, 2.24) is 19.9 Å². The molecule has 0 bridgehead atoms. The summed E-state index contributed by atoms with van der Waals surface area (Å²) in [6.07, 6.45) is 0.932. The van der Waals surface area contributed by atoms with Crippen LogP contribution >= 0.6 is 11.6 Å². The summed E-state index contributed by atoms with van der Waals surface area (Å²) < 4.78 is 58.1. The summed E-state index contributed by atoms with van der Waals surface area (Å²) in [4.78, 5) is 16.7. The lowest BCUT2D eigenvalue weighted by Gasteiger charge is -2.23. The van der Waals surface area contributed by atoms with Gasteiger partial charge in [-0.05, 0) is 38.5 Å². The maximum Gasteiger partial charge on any atom is 0.262 e. The number of pyridine rings is 2. The van der Waals surface area contributed by atoms with Gasteiger partial charge in [0.2, 0.25) is 0 Å². The van der Waals surface area contributed by atoms with Crippen molar-refractivity contribution in [2.24, 2.45) is 0 Å². The first-order valence-corrected chi connectivity index (χ1v) is 11.5. The highest BCUT2D eigenvalue weighted by Crippen LogP contribution is 2.38. The summed E-state index contributed by atoms with van der Waals surface area (Å²) in [5, 5.41) is 12.7. The first kappa shape index (κ1) is 26.4. The van der Waals surface area contributed by atoms with Crippen LogP contribution in [0.1, 0.15) is 42.5 Å². The molecule has 3 heterocycles. The topological polar surface area (TPSA) is 83.8 Å². The smallest absolute Gasteiger partial charge is 0.262 e. The second kappa shape index (κ2) is 10.0. The molecule has 0 aliphatic rings. The monoisotopic (exact) mass is 531 g/mol. The third kappa shape index (κ3) is 5.26. The third-order valence-corrected chi connectivity index (χ3v) is 6.10. The normalized spacial score (nSPS) is 12.7. The van der Waals surface area contributed by atoms with E-state index < -0.39 is 29.7 Å². The molecule has 0 aliphatic heterocycles. The fourth-order valence-electron chi connectivity index (χ4n) is 3.72. The second-order valence-corrected chi connectivity index (χ2v) is 9.25. The number of alkyl halides is 2. The van der Waals surface area contributed by atoms with Crippen molar-refractivity contribution in [1.29, 1.82) is 0 Å². The van der Waals surface area contributed by atoms with Gasteiger partial charge in [-0.2, -0.15) is 0 Å². The van der Waals surface area contributed by atoms with Crippen LogP contribution in [0.4, 0.5) is 23.2 Å². The first-order valence-electron chi connectivity index (χ1n) is 11.1. The van der Waals surface area contributed by atoms with Gasteiger partial charge in [-0.15, -0.1) is 0 Å². The molecule has 37 heavy (non-hydrogen) atoms. The van der Waals surface area contributed by atoms with Gasteiger partial charge in [0.1, 0.15) is 28.7 Å². The molecule has 4 aromatic rings. The highest BCUT2D eigenvalue weighted by molar-refractivity contribution is 6.35. The molecule has 0 fully saturated rings. The Morgan fingerprint density at radius 3 is 2.35 bits per heavy atom. The second-order valence-electron chi connectivity index (χ2n) is 8.87. The van der Waals surface area contributed by atoms with Gasteiger partial charge in [-0.3, -0.25) is 0 Å². The Morgan fingerprint density at radius 2 is 1.76 bits per heavy atom. The lowest BCUT2D eigenvalue weighted by atomic mass is 10.0. The van der Waals surface area contributed by atoms with Crippen LogP contribution in [0, 0.1) is 18.6 Å². The van der Waals surface area contributed by atoms with Crippen molar-refractivity contribution in [3.05, 3.63) is 82.5 Å². The van der Waals surface area contributed by atoms with Crippen LogP contribution < -0.4 is 5.32 Å². The summed E-state index contributed by atoms with van der Waals surface area (Å²) in [6, 6.07) is 3.02. The number of benzene rings is 1. The average molecular weight is 532 g/mol. The Labute approximate surface area is 215 Å². The van der Waals surface area contributed by atoms with E-state index in [0.29, 0.717) is 5.56 Å². The van der Waals surface area contributed by atoms with Crippen molar-refractivity contribution in [3.8, 4) is 11.3 Å². The Kier molecular flexibility index (Phi) is 7.16. The van der Waals surface area contributed by atoms with Crippen LogP contribution in [0.15, 0.2) is 43.2 Å². The number of fused-ring (bicyclic) bond motifs is 1. The molecule has 4 rings (SSSR count). The van der Waals surface area contributed by atoms with E-state index in [2.05, 4.69) is 31.8 Å². The molecule has 2 N–H and O–H groups in total. The first-order chi connectivity index (χ1) is 17.4. The predicted octanol–water partition coefficient (Wildman–Crippen LogP) is 6.62. The van der Waals surface area contributed by atoms with Gasteiger partial charge in [0.25, 0.3) is 6.43 Å². The van der Waals surface area contributed by atoms with Crippen molar-refractivity contribution in [2.75, 3.05) is 5.32 Å². The highest BCUT2D eigenvalue weighted by Gasteiger charge is 2.29. The average Bonchev–Trinajstić information content (AvgIpc) is 2.84. The minimum Gasteiger partial charge on any atom is -0.382 e. The molecule has 0 radical (unpaired) electrons. The van der Waals surface area contributed by atoms with E-state index in [0.717, 1.165) is 12.1 Å². The Morgan fingerprint density at radius 1 is 1.08 bits per heavy atom. The van der Waals surface area contributed by atoms with Crippen molar-refractivity contribution in [3.63, 3.8) is 0 Å². The van der Waals surface area contributed by atoms with Crippen molar-refractivity contribution < 1.29 is 22.7 Å². The van der Waals surface area contributed by atoms with Gasteiger partial charge < -0.3 is 10.4 Å². The Balaban J connectivity index is 1.88. The van der Waals surface area contributed by atoms with Crippen LogP contribution in [-0.2, 0) is 5.60 Å². The number of aliphatic hydroxyl groups is 1. The molecular formula is C26H22ClF4N5O. The molecule has 0 amide bonds. The van der Waals surface area contributed by atoms with Gasteiger partial charge in [0, 0.05) is 29.6 Å². The lowest BCUT2D eigenvalue weighted by molar-refractivity contribution is 0.0687. The number of halogens is 5. The molecule has 3 aromatic heterocycles. The molecule has 1 unspecified atom stereocenters. The maximum absolute atomic E-state index is 15.1. The number of aryl methyl sites for hydroxylation is 1. The number of nitrogens with zero attached hydrogens (tertiary/aromatic N) is 4. The fraction of sp³-hybridized carbons (Fsp3) is 0.231. The van der Waals surface area contributed by atoms with Crippen LogP contribution in [-0.4, -0.2) is 31.5 Å². The zero-order chi connectivity index (χ0) is 27.1. The SMILES string of the molecule is C=Cc1ccc(F)c(C(Nc2c(Cl)c(C)nc3cc(F)c(-c4cnc(C(C)(C)O)nc4)nc23)C(F)F)c1. The quantitative estimate of drug-likeness (QED) is 0.261. The Bertz CT molecular complexity index is 1490. The van der Waals surface area contributed by atoms with Gasteiger partial charge in [-0.25, -0.2) is 37.5 Å². The molecule has 11 heteroatoms. The van der Waals surface area contributed by atoms with E-state index >= 15 is 4.39 Å². The van der Waals surface area contributed by atoms with E-state index in [1.165, 1.54) is 51.4 Å². The fourth-order valence-corrected chi connectivity index (χ4v) is 3.91. The van der Waals surface area contributed by atoms with E-state index in [-0.39, 0.29) is 50.1 Å². The van der Waals surface area contributed by atoms with Gasteiger partial charge >= 0.3 is 0 Å². The van der Waals surface area contributed by atoms with Gasteiger partial charge in [0.05, 0.1) is 21.9 Å². The number of nitrogens with one attached hydrogen (secondary N) is 1. The summed E-state index contributed by atoms with van der Waals surface area (Å²) in [7, 11) is 0. The van der Waals surface area contributed by atoms with E-state index in [4.69, 9.17) is 11.6 Å². The van der Waals surface area contributed by atoms with Gasteiger partial charge in [-0.1, -0.05) is 30.3 Å². The maximum atomic E-state index is 15.1. The molecule has 192 valence electrons. The van der Waals surface area contributed by atoms with Crippen LogP contribution in [0.3, 0.4) is 0 Å². The molecule has 0 spiro atoms. The minimum absolute atomic E-state index is 0.00972. The number of hydrogen-bond acceptors (Lipinski definition) is 6. The third-order valence-electron chi connectivity index (χ3n) is 5.63. The largest absolute Gasteiger partial charge is 0.382 e. The molecule has 1 aromatic carbocycles. The number of anilines is 1. The zero-order valence-electron chi connectivity index (χ0n) is 20.0. The molecule has 6 nitrogen and oxygen atoms in total. The minimum atomic E-state index is -3.04. The summed E-state index contributed by atoms with van der Waals surface area (Å²) >= 11 is 6.45. The molecule has 0 saturated heterocycles. The molecule has 0 saturated carbocycles. The van der Waals surface area contributed by atoms with Crippen LogP contribution in [0.5, 0.6) is 0 Å². The summed E-state index contributed by atoms with van der Waals surface area (Å²) in [5.74, 6) is -1.50. The summed E-state index contributed by atoms with van der Waals surface area (Å²) in [5.41, 5.74) is -0.977. The molecular weight excluding hydrogens is 510 g/mol. The number of rotatable bonds is 7. The lowest BCUT2D eigenvalue weighted by Crippen LogP contribution is -2.21. The molecule has 0 aliphatic carbocycles. The van der Waals surface area contributed by atoms with Crippen molar-refractivity contribution >= 4 is 34.4 Å². The number of hydrogen-bond donors (Lipinski definition) is 2. The summed E-state index contributed by atoms with van der Waals surface area (Å²) in [6.45, 7) is 8.11. The Hall–Kier alpha value is -3.63.